The van der Waals surface area contributed by atoms with Crippen LogP contribution < -0.4 is 14.8 Å². The summed E-state index contributed by atoms with van der Waals surface area (Å²) in [5, 5.41) is 3.17. The number of hydrogen-bond donors (Lipinski definition) is 1. The van der Waals surface area contributed by atoms with E-state index in [4.69, 9.17) is 18.9 Å². The molecule has 1 atom stereocenters. The van der Waals surface area contributed by atoms with E-state index in [2.05, 4.69) is 21.2 Å². The zero-order valence-electron chi connectivity index (χ0n) is 16.1. The molecule has 0 radical (unpaired) electrons. The second-order valence-corrected chi connectivity index (χ2v) is 6.92. The van der Waals surface area contributed by atoms with Crippen molar-refractivity contribution in [3.05, 3.63) is 35.4 Å². The summed E-state index contributed by atoms with van der Waals surface area (Å²) in [6, 6.07) is 4.88. The second kappa shape index (κ2) is 9.09. The van der Waals surface area contributed by atoms with Gasteiger partial charge >= 0.3 is 5.97 Å². The second-order valence-electron chi connectivity index (χ2n) is 6.12. The number of ketones is 1. The summed E-state index contributed by atoms with van der Waals surface area (Å²) in [4.78, 5) is 36.7. The minimum absolute atomic E-state index is 0.194. The van der Waals surface area contributed by atoms with E-state index >= 15 is 0 Å². The van der Waals surface area contributed by atoms with Gasteiger partial charge in [-0.2, -0.15) is 0 Å². The van der Waals surface area contributed by atoms with Crippen molar-refractivity contribution in [2.24, 2.45) is 0 Å². The Kier molecular flexibility index (Phi) is 7.06. The van der Waals surface area contributed by atoms with E-state index < -0.39 is 17.4 Å². The van der Waals surface area contributed by atoms with E-state index in [1.165, 1.54) is 21.1 Å². The topological polar surface area (TPSA) is 100 Å². The Morgan fingerprint density at radius 1 is 1.25 bits per heavy atom. The highest BCUT2D eigenvalue weighted by molar-refractivity contribution is 9.09. The third-order valence-corrected chi connectivity index (χ3v) is 4.67. The fourth-order valence-electron chi connectivity index (χ4n) is 2.72. The van der Waals surface area contributed by atoms with Crippen LogP contribution in [0.1, 0.15) is 32.3 Å². The molecule has 0 aliphatic carbocycles. The minimum Gasteiger partial charge on any atom is -0.497 e. The maximum absolute atomic E-state index is 13.1. The predicted molar refractivity (Wildman–Crippen MR) is 103 cm³/mol. The van der Waals surface area contributed by atoms with Gasteiger partial charge in [0.2, 0.25) is 23.2 Å². The van der Waals surface area contributed by atoms with Crippen LogP contribution in [0.5, 0.6) is 11.5 Å². The van der Waals surface area contributed by atoms with Crippen molar-refractivity contribution in [1.82, 2.24) is 5.32 Å². The molecular weight excluding hydrogens is 434 g/mol. The molecule has 9 heteroatoms. The van der Waals surface area contributed by atoms with Crippen LogP contribution in [0.15, 0.2) is 29.8 Å². The van der Waals surface area contributed by atoms with Gasteiger partial charge < -0.3 is 18.9 Å². The number of rotatable bonds is 8. The SMILES string of the molecule is COc1ccc(C2(C)OC(NC(=O)CCCBr)=C(OC(C)=O)C2=O)c(OC)c1. The highest BCUT2D eigenvalue weighted by atomic mass is 79.9. The van der Waals surface area contributed by atoms with Crippen LogP contribution in [0, 0.1) is 0 Å². The van der Waals surface area contributed by atoms with Crippen LogP contribution in [0.2, 0.25) is 0 Å². The summed E-state index contributed by atoms with van der Waals surface area (Å²) in [6.07, 6.45) is 0.807. The average molecular weight is 456 g/mol. The first-order chi connectivity index (χ1) is 13.3. The summed E-state index contributed by atoms with van der Waals surface area (Å²) >= 11 is 3.25. The summed E-state index contributed by atoms with van der Waals surface area (Å²) in [7, 11) is 2.96. The van der Waals surface area contributed by atoms with Crippen molar-refractivity contribution in [3.63, 3.8) is 0 Å². The monoisotopic (exact) mass is 455 g/mol. The van der Waals surface area contributed by atoms with E-state index in [0.29, 0.717) is 28.8 Å². The molecule has 1 N–H and O–H groups in total. The first-order valence-corrected chi connectivity index (χ1v) is 9.63. The van der Waals surface area contributed by atoms with Crippen molar-refractivity contribution >= 4 is 33.6 Å². The minimum atomic E-state index is -1.56. The lowest BCUT2D eigenvalue weighted by Crippen LogP contribution is -2.33. The molecule has 1 heterocycles. The lowest BCUT2D eigenvalue weighted by Gasteiger charge is -2.25. The number of halogens is 1. The van der Waals surface area contributed by atoms with E-state index in [-0.39, 0.29) is 24.0 Å². The summed E-state index contributed by atoms with van der Waals surface area (Å²) < 4.78 is 21.4. The molecule has 0 aromatic heterocycles. The van der Waals surface area contributed by atoms with Crippen LogP contribution >= 0.6 is 15.9 Å². The molecule has 0 bridgehead atoms. The van der Waals surface area contributed by atoms with E-state index in [1.807, 2.05) is 0 Å². The molecule has 28 heavy (non-hydrogen) atoms. The van der Waals surface area contributed by atoms with Crippen LogP contribution in [-0.4, -0.2) is 37.2 Å². The molecule has 0 saturated carbocycles. The molecule has 8 nitrogen and oxygen atoms in total. The Balaban J connectivity index is 2.42. The molecule has 0 fully saturated rings. The van der Waals surface area contributed by atoms with Crippen molar-refractivity contribution in [2.75, 3.05) is 19.5 Å². The normalized spacial score (nSPS) is 18.5. The largest absolute Gasteiger partial charge is 0.497 e. The molecule has 1 aromatic carbocycles. The molecule has 1 aliphatic heterocycles. The molecule has 1 unspecified atom stereocenters. The third kappa shape index (κ3) is 4.46. The number of methoxy groups -OCH3 is 2. The average Bonchev–Trinajstić information content (AvgIpc) is 2.90. The Morgan fingerprint density at radius 3 is 2.54 bits per heavy atom. The van der Waals surface area contributed by atoms with Crippen molar-refractivity contribution in [2.45, 2.75) is 32.3 Å². The summed E-state index contributed by atoms with van der Waals surface area (Å²) in [6.45, 7) is 2.68. The highest BCUT2D eigenvalue weighted by Gasteiger charge is 2.51. The number of amides is 1. The van der Waals surface area contributed by atoms with Gasteiger partial charge in [-0.1, -0.05) is 15.9 Å². The maximum atomic E-state index is 13.1. The number of hydrogen-bond acceptors (Lipinski definition) is 7. The Labute approximate surface area is 171 Å². The molecule has 2 rings (SSSR count). The molecule has 0 spiro atoms. The molecule has 0 saturated heterocycles. The molecule has 1 aliphatic rings. The molecular formula is C19H22BrNO7. The fraction of sp³-hybridized carbons (Fsp3) is 0.421. The third-order valence-electron chi connectivity index (χ3n) is 4.11. The van der Waals surface area contributed by atoms with Gasteiger partial charge in [-0.25, -0.2) is 0 Å². The van der Waals surface area contributed by atoms with Gasteiger partial charge in [0.15, 0.2) is 0 Å². The predicted octanol–water partition coefficient (Wildman–Crippen LogP) is 2.54. The first-order valence-electron chi connectivity index (χ1n) is 8.51. The number of carbonyl (C=O) groups excluding carboxylic acids is 3. The van der Waals surface area contributed by atoms with E-state index in [1.54, 1.807) is 18.2 Å². The number of nitrogens with one attached hydrogen (secondary N) is 1. The van der Waals surface area contributed by atoms with E-state index in [9.17, 15) is 14.4 Å². The standard InChI is InChI=1S/C19H22BrNO7/c1-11(22)27-16-17(24)19(2,28-18(16)21-15(23)6-5-9-20)13-8-7-12(25-3)10-14(13)26-4/h7-8,10H,5-6,9H2,1-4H3,(H,21,23). The van der Waals surface area contributed by atoms with Gasteiger partial charge in [0.05, 0.1) is 14.2 Å². The van der Waals surface area contributed by atoms with Crippen LogP contribution in [0.25, 0.3) is 0 Å². The van der Waals surface area contributed by atoms with Gasteiger partial charge in [-0.05, 0) is 25.5 Å². The van der Waals surface area contributed by atoms with Gasteiger partial charge in [0.1, 0.15) is 11.5 Å². The van der Waals surface area contributed by atoms with Crippen molar-refractivity contribution in [1.29, 1.82) is 0 Å². The van der Waals surface area contributed by atoms with Gasteiger partial charge in [-0.3, -0.25) is 19.7 Å². The number of Topliss-reactive ketones (excluding diaryl/α,β-unsaturated/α-hetero) is 1. The van der Waals surface area contributed by atoms with Crippen LogP contribution in [-0.2, 0) is 29.5 Å². The van der Waals surface area contributed by atoms with Gasteiger partial charge in [0, 0.05) is 30.3 Å². The van der Waals surface area contributed by atoms with Gasteiger partial charge in [0.25, 0.3) is 5.78 Å². The number of carbonyl (C=O) groups is 3. The van der Waals surface area contributed by atoms with Crippen molar-refractivity contribution in [3.8, 4) is 11.5 Å². The van der Waals surface area contributed by atoms with Gasteiger partial charge in [-0.15, -0.1) is 0 Å². The fourth-order valence-corrected chi connectivity index (χ4v) is 3.00. The zero-order valence-corrected chi connectivity index (χ0v) is 17.7. The molecule has 1 aromatic rings. The van der Waals surface area contributed by atoms with E-state index in [0.717, 1.165) is 6.92 Å². The number of esters is 1. The van der Waals surface area contributed by atoms with Crippen molar-refractivity contribution < 1.29 is 33.3 Å². The Hall–Kier alpha value is -2.55. The smallest absolute Gasteiger partial charge is 0.308 e. The Morgan fingerprint density at radius 2 is 1.96 bits per heavy atom. The Bertz CT molecular complexity index is 821. The number of alkyl halides is 1. The summed E-state index contributed by atoms with van der Waals surface area (Å²) in [5.41, 5.74) is -1.16. The lowest BCUT2D eigenvalue weighted by molar-refractivity contribution is -0.142. The molecule has 152 valence electrons. The quantitative estimate of drug-likeness (QED) is 0.474. The summed E-state index contributed by atoms with van der Waals surface area (Å²) in [5.74, 6) is -1.33. The van der Waals surface area contributed by atoms with Crippen LogP contribution in [0.4, 0.5) is 0 Å². The van der Waals surface area contributed by atoms with Crippen LogP contribution in [0.3, 0.4) is 0 Å². The maximum Gasteiger partial charge on any atom is 0.308 e. The number of benzene rings is 1. The number of ether oxygens (including phenoxy) is 4. The first kappa shape index (κ1) is 21.7. The zero-order chi connectivity index (χ0) is 20.9. The molecule has 1 amide bonds. The lowest BCUT2D eigenvalue weighted by atomic mass is 9.90. The highest BCUT2D eigenvalue weighted by Crippen LogP contribution is 2.43.